The van der Waals surface area contributed by atoms with E-state index in [0.29, 0.717) is 34.1 Å². The molecule has 1 aromatic rings. The molecule has 7 heteroatoms. The van der Waals surface area contributed by atoms with Crippen LogP contribution < -0.4 is 5.32 Å². The van der Waals surface area contributed by atoms with Crippen LogP contribution in [0.15, 0.2) is 0 Å². The highest BCUT2D eigenvalue weighted by molar-refractivity contribution is 7.18. The van der Waals surface area contributed by atoms with Crippen LogP contribution in [0.1, 0.15) is 85.9 Å². The summed E-state index contributed by atoms with van der Waals surface area (Å²) in [5.74, 6) is -0.854. The Morgan fingerprint density at radius 1 is 1.11 bits per heavy atom. The second kappa shape index (κ2) is 11.8. The molecule has 1 unspecified atom stereocenters. The van der Waals surface area contributed by atoms with Gasteiger partial charge in [-0.3, -0.25) is 9.59 Å². The van der Waals surface area contributed by atoms with Crippen LogP contribution >= 0.6 is 11.3 Å². The lowest BCUT2D eigenvalue weighted by Gasteiger charge is -2.18. The zero-order valence-corrected chi connectivity index (χ0v) is 18.8. The van der Waals surface area contributed by atoms with Crippen LogP contribution in [0.25, 0.3) is 0 Å². The van der Waals surface area contributed by atoms with E-state index in [4.69, 9.17) is 4.74 Å². The standard InChI is InChI=1S/C21H34N2O4S/c1-7-12-13-15(8-2)18(24)22-19-16(21(26)27-11-5)14(6)17(28-19)20(25)23(9-3)10-4/h15H,7-13H2,1-6H3,(H,22,24). The van der Waals surface area contributed by atoms with Crippen LogP contribution in [0.5, 0.6) is 0 Å². The molecule has 0 radical (unpaired) electrons. The van der Waals surface area contributed by atoms with Crippen LogP contribution in [0.2, 0.25) is 0 Å². The van der Waals surface area contributed by atoms with E-state index in [1.54, 1.807) is 18.7 Å². The van der Waals surface area contributed by atoms with E-state index in [2.05, 4.69) is 12.2 Å². The van der Waals surface area contributed by atoms with Gasteiger partial charge in [-0.15, -0.1) is 11.3 Å². The Hall–Kier alpha value is -1.89. The lowest BCUT2D eigenvalue weighted by atomic mass is 9.98. The number of ether oxygens (including phenoxy) is 1. The van der Waals surface area contributed by atoms with Crippen LogP contribution in [0.4, 0.5) is 5.00 Å². The number of carbonyl (C=O) groups is 3. The fraction of sp³-hybridized carbons (Fsp3) is 0.667. The average Bonchev–Trinajstić information content (AvgIpc) is 2.99. The lowest BCUT2D eigenvalue weighted by Crippen LogP contribution is -2.30. The Morgan fingerprint density at radius 2 is 1.75 bits per heavy atom. The van der Waals surface area contributed by atoms with Gasteiger partial charge in [-0.1, -0.05) is 26.7 Å². The summed E-state index contributed by atoms with van der Waals surface area (Å²) >= 11 is 1.16. The molecule has 28 heavy (non-hydrogen) atoms. The molecule has 0 aromatic carbocycles. The maximum Gasteiger partial charge on any atom is 0.341 e. The number of hydrogen-bond donors (Lipinski definition) is 1. The van der Waals surface area contributed by atoms with Gasteiger partial charge in [0.2, 0.25) is 5.91 Å². The molecule has 1 aromatic heterocycles. The van der Waals surface area contributed by atoms with Gasteiger partial charge in [-0.2, -0.15) is 0 Å². The third kappa shape index (κ3) is 5.80. The van der Waals surface area contributed by atoms with Crippen molar-refractivity contribution in [1.82, 2.24) is 4.90 Å². The number of amides is 2. The molecule has 0 bridgehead atoms. The molecule has 0 saturated carbocycles. The highest BCUT2D eigenvalue weighted by atomic mass is 32.1. The molecule has 0 aliphatic rings. The first-order valence-electron chi connectivity index (χ1n) is 10.3. The zero-order valence-electron chi connectivity index (χ0n) is 18.0. The van der Waals surface area contributed by atoms with Gasteiger partial charge in [0.25, 0.3) is 5.91 Å². The number of thiophene rings is 1. The van der Waals surface area contributed by atoms with E-state index in [9.17, 15) is 14.4 Å². The van der Waals surface area contributed by atoms with Crippen molar-refractivity contribution in [3.8, 4) is 0 Å². The van der Waals surface area contributed by atoms with E-state index in [-0.39, 0.29) is 24.3 Å². The predicted octanol–water partition coefficient (Wildman–Crippen LogP) is 4.87. The summed E-state index contributed by atoms with van der Waals surface area (Å²) < 4.78 is 5.18. The van der Waals surface area contributed by atoms with Gasteiger partial charge in [0.1, 0.15) is 5.00 Å². The number of nitrogens with one attached hydrogen (secondary N) is 1. The van der Waals surface area contributed by atoms with Gasteiger partial charge in [0.05, 0.1) is 17.0 Å². The largest absolute Gasteiger partial charge is 0.462 e. The Balaban J connectivity index is 3.28. The summed E-state index contributed by atoms with van der Waals surface area (Å²) in [6.45, 7) is 12.8. The minimum atomic E-state index is -0.508. The first-order chi connectivity index (χ1) is 13.4. The second-order valence-electron chi connectivity index (χ2n) is 6.69. The third-order valence-electron chi connectivity index (χ3n) is 4.88. The number of anilines is 1. The van der Waals surface area contributed by atoms with Gasteiger partial charge in [0.15, 0.2) is 0 Å². The van der Waals surface area contributed by atoms with Gasteiger partial charge < -0.3 is 15.0 Å². The fourth-order valence-corrected chi connectivity index (χ4v) is 4.26. The molecule has 158 valence electrons. The van der Waals surface area contributed by atoms with Crippen molar-refractivity contribution in [3.05, 3.63) is 16.0 Å². The number of nitrogens with zero attached hydrogens (tertiary/aromatic N) is 1. The quantitative estimate of drug-likeness (QED) is 0.528. The van der Waals surface area contributed by atoms with Gasteiger partial charge in [0, 0.05) is 19.0 Å². The van der Waals surface area contributed by atoms with E-state index < -0.39 is 5.97 Å². The Labute approximate surface area is 172 Å². The second-order valence-corrected chi connectivity index (χ2v) is 7.72. The van der Waals surface area contributed by atoms with Crippen molar-refractivity contribution >= 4 is 34.1 Å². The lowest BCUT2D eigenvalue weighted by molar-refractivity contribution is -0.120. The molecule has 1 heterocycles. The smallest absolute Gasteiger partial charge is 0.341 e. The molecule has 0 saturated heterocycles. The summed E-state index contributed by atoms with van der Waals surface area (Å²) in [6.07, 6.45) is 3.55. The molecule has 1 N–H and O–H groups in total. The van der Waals surface area contributed by atoms with Crippen LogP contribution in [0.3, 0.4) is 0 Å². The maximum absolute atomic E-state index is 12.9. The maximum atomic E-state index is 12.9. The highest BCUT2D eigenvalue weighted by Gasteiger charge is 2.29. The summed E-state index contributed by atoms with van der Waals surface area (Å²) in [7, 11) is 0. The Morgan fingerprint density at radius 3 is 2.25 bits per heavy atom. The number of esters is 1. The topological polar surface area (TPSA) is 75.7 Å². The van der Waals surface area contributed by atoms with Crippen molar-refractivity contribution in [2.75, 3.05) is 25.0 Å². The normalized spacial score (nSPS) is 11.8. The average molecular weight is 411 g/mol. The van der Waals surface area contributed by atoms with Crippen LogP contribution in [0, 0.1) is 12.8 Å². The molecule has 0 aliphatic carbocycles. The van der Waals surface area contributed by atoms with Crippen molar-refractivity contribution < 1.29 is 19.1 Å². The van der Waals surface area contributed by atoms with Crippen LogP contribution in [-0.2, 0) is 9.53 Å². The van der Waals surface area contributed by atoms with E-state index in [1.165, 1.54) is 0 Å². The molecule has 0 spiro atoms. The minimum absolute atomic E-state index is 0.107. The van der Waals surface area contributed by atoms with Crippen molar-refractivity contribution in [2.45, 2.75) is 67.2 Å². The van der Waals surface area contributed by atoms with E-state index in [1.807, 2.05) is 20.8 Å². The molecular weight excluding hydrogens is 376 g/mol. The van der Waals surface area contributed by atoms with Gasteiger partial charge >= 0.3 is 5.97 Å². The molecular formula is C21H34N2O4S. The number of carbonyl (C=O) groups excluding carboxylic acids is 3. The third-order valence-corrected chi connectivity index (χ3v) is 6.07. The van der Waals surface area contributed by atoms with E-state index in [0.717, 1.165) is 37.0 Å². The van der Waals surface area contributed by atoms with Gasteiger partial charge in [-0.25, -0.2) is 4.79 Å². The summed E-state index contributed by atoms with van der Waals surface area (Å²) in [6, 6.07) is 0. The zero-order chi connectivity index (χ0) is 21.3. The van der Waals surface area contributed by atoms with Crippen molar-refractivity contribution in [1.29, 1.82) is 0 Å². The number of unbranched alkanes of at least 4 members (excludes halogenated alkanes) is 1. The summed E-state index contributed by atoms with van der Waals surface area (Å²) in [5, 5.41) is 3.32. The number of rotatable bonds is 11. The van der Waals surface area contributed by atoms with Crippen molar-refractivity contribution in [2.24, 2.45) is 5.92 Å². The minimum Gasteiger partial charge on any atom is -0.462 e. The SMILES string of the molecule is CCCCC(CC)C(=O)Nc1sc(C(=O)N(CC)CC)c(C)c1C(=O)OCC. The number of hydrogen-bond acceptors (Lipinski definition) is 5. The molecule has 0 fully saturated rings. The monoisotopic (exact) mass is 410 g/mol. The molecule has 1 atom stereocenters. The Kier molecular flexibility index (Phi) is 10.2. The molecule has 6 nitrogen and oxygen atoms in total. The van der Waals surface area contributed by atoms with Crippen molar-refractivity contribution in [3.63, 3.8) is 0 Å². The summed E-state index contributed by atoms with van der Waals surface area (Å²) in [4.78, 5) is 40.3. The molecule has 0 aliphatic heterocycles. The van der Waals surface area contributed by atoms with E-state index >= 15 is 0 Å². The highest BCUT2D eigenvalue weighted by Crippen LogP contribution is 2.35. The first-order valence-corrected chi connectivity index (χ1v) is 11.1. The summed E-state index contributed by atoms with van der Waals surface area (Å²) in [5.41, 5.74) is 0.860. The first kappa shape index (κ1) is 24.1. The Bertz CT molecular complexity index is 680. The fourth-order valence-electron chi connectivity index (χ4n) is 3.09. The predicted molar refractivity (Wildman–Crippen MR) is 114 cm³/mol. The molecule has 2 amide bonds. The molecule has 1 rings (SSSR count). The van der Waals surface area contributed by atoms with Crippen LogP contribution in [-0.4, -0.2) is 42.4 Å². The van der Waals surface area contributed by atoms with Gasteiger partial charge in [-0.05, 0) is 46.1 Å².